The van der Waals surface area contributed by atoms with Gasteiger partial charge in [0.1, 0.15) is 18.1 Å². The minimum atomic E-state index is 0.420. The highest BCUT2D eigenvalue weighted by Gasteiger charge is 2.07. The van der Waals surface area contributed by atoms with Crippen molar-refractivity contribution >= 4 is 0 Å². The third kappa shape index (κ3) is 3.86. The SMILES string of the molecule is CCNC(CC)c1ccc(OCc2ccco2)cc1. The molecular weight excluding hydrogens is 238 g/mol. The van der Waals surface area contributed by atoms with Crippen molar-refractivity contribution in [2.45, 2.75) is 32.9 Å². The largest absolute Gasteiger partial charge is 0.486 e. The van der Waals surface area contributed by atoms with Crippen molar-refractivity contribution in [3.05, 3.63) is 54.0 Å². The van der Waals surface area contributed by atoms with E-state index in [0.717, 1.165) is 24.5 Å². The predicted molar refractivity (Wildman–Crippen MR) is 76.2 cm³/mol. The van der Waals surface area contributed by atoms with Crippen molar-refractivity contribution in [2.75, 3.05) is 6.54 Å². The molecule has 19 heavy (non-hydrogen) atoms. The van der Waals surface area contributed by atoms with Crippen LogP contribution < -0.4 is 10.1 Å². The zero-order chi connectivity index (χ0) is 13.5. The first kappa shape index (κ1) is 13.7. The van der Waals surface area contributed by atoms with Crippen LogP contribution in [0.2, 0.25) is 0 Å². The van der Waals surface area contributed by atoms with Gasteiger partial charge in [-0.25, -0.2) is 0 Å². The summed E-state index contributed by atoms with van der Waals surface area (Å²) in [6.45, 7) is 5.77. The summed E-state index contributed by atoms with van der Waals surface area (Å²) in [5.74, 6) is 1.70. The van der Waals surface area contributed by atoms with E-state index in [9.17, 15) is 0 Å². The topological polar surface area (TPSA) is 34.4 Å². The molecule has 0 amide bonds. The third-order valence-electron chi connectivity index (χ3n) is 3.10. The molecule has 0 radical (unpaired) electrons. The fraction of sp³-hybridized carbons (Fsp3) is 0.375. The van der Waals surface area contributed by atoms with Gasteiger partial charge in [0.05, 0.1) is 6.26 Å². The molecule has 3 nitrogen and oxygen atoms in total. The highest BCUT2D eigenvalue weighted by atomic mass is 16.5. The van der Waals surface area contributed by atoms with Gasteiger partial charge >= 0.3 is 0 Å². The van der Waals surface area contributed by atoms with Crippen molar-refractivity contribution in [1.29, 1.82) is 0 Å². The molecule has 0 spiro atoms. The van der Waals surface area contributed by atoms with Crippen molar-refractivity contribution in [1.82, 2.24) is 5.32 Å². The van der Waals surface area contributed by atoms with Crippen LogP contribution in [-0.2, 0) is 6.61 Å². The lowest BCUT2D eigenvalue weighted by Crippen LogP contribution is -2.19. The van der Waals surface area contributed by atoms with Crippen molar-refractivity contribution in [3.63, 3.8) is 0 Å². The van der Waals surface area contributed by atoms with Gasteiger partial charge in [0.15, 0.2) is 0 Å². The van der Waals surface area contributed by atoms with E-state index in [2.05, 4.69) is 31.3 Å². The minimum absolute atomic E-state index is 0.420. The van der Waals surface area contributed by atoms with Gasteiger partial charge < -0.3 is 14.5 Å². The number of hydrogen-bond acceptors (Lipinski definition) is 3. The summed E-state index contributed by atoms with van der Waals surface area (Å²) < 4.78 is 10.9. The molecule has 3 heteroatoms. The Hall–Kier alpha value is -1.74. The van der Waals surface area contributed by atoms with Gasteiger partial charge in [-0.3, -0.25) is 0 Å². The molecule has 1 atom stereocenters. The van der Waals surface area contributed by atoms with Gasteiger partial charge in [0, 0.05) is 6.04 Å². The van der Waals surface area contributed by atoms with Crippen LogP contribution in [0.15, 0.2) is 47.1 Å². The van der Waals surface area contributed by atoms with E-state index in [0.29, 0.717) is 12.6 Å². The molecule has 1 unspecified atom stereocenters. The molecule has 1 N–H and O–H groups in total. The van der Waals surface area contributed by atoms with Crippen LogP contribution in [0.4, 0.5) is 0 Å². The van der Waals surface area contributed by atoms with Crippen LogP contribution >= 0.6 is 0 Å². The molecule has 102 valence electrons. The summed E-state index contributed by atoms with van der Waals surface area (Å²) in [6, 6.07) is 12.5. The molecule has 0 fully saturated rings. The van der Waals surface area contributed by atoms with E-state index in [4.69, 9.17) is 9.15 Å². The van der Waals surface area contributed by atoms with Crippen molar-refractivity contribution < 1.29 is 9.15 Å². The first-order valence-corrected chi connectivity index (χ1v) is 6.82. The van der Waals surface area contributed by atoms with E-state index in [-0.39, 0.29) is 0 Å². The summed E-state index contributed by atoms with van der Waals surface area (Å²) in [7, 11) is 0. The van der Waals surface area contributed by atoms with Crippen LogP contribution in [0.1, 0.15) is 37.6 Å². The van der Waals surface area contributed by atoms with Crippen molar-refractivity contribution in [3.8, 4) is 5.75 Å². The Kier molecular flexibility index (Phi) is 5.04. The number of nitrogens with one attached hydrogen (secondary N) is 1. The molecule has 0 aliphatic rings. The summed E-state index contributed by atoms with van der Waals surface area (Å²) in [6.07, 6.45) is 2.74. The molecule has 0 saturated carbocycles. The summed E-state index contributed by atoms with van der Waals surface area (Å²) in [5.41, 5.74) is 1.30. The minimum Gasteiger partial charge on any atom is -0.486 e. The lowest BCUT2D eigenvalue weighted by Gasteiger charge is -2.16. The lowest BCUT2D eigenvalue weighted by atomic mass is 10.0. The second kappa shape index (κ2) is 7.00. The summed E-state index contributed by atoms with van der Waals surface area (Å²) in [5, 5.41) is 3.47. The fourth-order valence-corrected chi connectivity index (χ4v) is 2.09. The molecule has 2 aromatic rings. The Balaban J connectivity index is 1.93. The molecule has 0 bridgehead atoms. The van der Waals surface area contributed by atoms with Gasteiger partial charge in [-0.15, -0.1) is 0 Å². The fourth-order valence-electron chi connectivity index (χ4n) is 2.09. The average molecular weight is 259 g/mol. The zero-order valence-corrected chi connectivity index (χ0v) is 11.6. The Labute approximate surface area is 114 Å². The van der Waals surface area contributed by atoms with E-state index in [1.165, 1.54) is 5.56 Å². The van der Waals surface area contributed by atoms with E-state index in [1.807, 2.05) is 24.3 Å². The molecule has 1 aromatic carbocycles. The first-order valence-electron chi connectivity index (χ1n) is 6.82. The number of benzene rings is 1. The van der Waals surface area contributed by atoms with Gasteiger partial charge in [0.2, 0.25) is 0 Å². The number of rotatable bonds is 7. The van der Waals surface area contributed by atoms with E-state index >= 15 is 0 Å². The van der Waals surface area contributed by atoms with E-state index < -0.39 is 0 Å². The van der Waals surface area contributed by atoms with Crippen LogP contribution in [0.3, 0.4) is 0 Å². The monoisotopic (exact) mass is 259 g/mol. The maximum atomic E-state index is 5.66. The number of hydrogen-bond donors (Lipinski definition) is 1. The predicted octanol–water partition coefficient (Wildman–Crippen LogP) is 3.92. The second-order valence-electron chi connectivity index (χ2n) is 4.46. The molecular formula is C16H21NO2. The van der Waals surface area contributed by atoms with Crippen LogP contribution in [-0.4, -0.2) is 6.54 Å². The normalized spacial score (nSPS) is 12.3. The Bertz CT molecular complexity index is 462. The quantitative estimate of drug-likeness (QED) is 0.818. The molecule has 1 aromatic heterocycles. The molecule has 0 saturated heterocycles. The average Bonchev–Trinajstić information content (AvgIpc) is 2.96. The smallest absolute Gasteiger partial charge is 0.146 e. The maximum absolute atomic E-state index is 5.66. The Morgan fingerprint density at radius 3 is 2.53 bits per heavy atom. The van der Waals surface area contributed by atoms with Crippen molar-refractivity contribution in [2.24, 2.45) is 0 Å². The van der Waals surface area contributed by atoms with Gasteiger partial charge in [-0.1, -0.05) is 26.0 Å². The first-order chi connectivity index (χ1) is 9.33. The standard InChI is InChI=1S/C16H21NO2/c1-3-16(17-4-2)13-7-9-14(10-8-13)19-12-15-6-5-11-18-15/h5-11,16-17H,3-4,12H2,1-2H3. The highest BCUT2D eigenvalue weighted by Crippen LogP contribution is 2.20. The maximum Gasteiger partial charge on any atom is 0.146 e. The van der Waals surface area contributed by atoms with Crippen LogP contribution in [0.25, 0.3) is 0 Å². The summed E-state index contributed by atoms with van der Waals surface area (Å²) in [4.78, 5) is 0. The van der Waals surface area contributed by atoms with E-state index in [1.54, 1.807) is 6.26 Å². The van der Waals surface area contributed by atoms with Gasteiger partial charge in [-0.05, 0) is 42.8 Å². The van der Waals surface area contributed by atoms with Crippen LogP contribution in [0, 0.1) is 0 Å². The van der Waals surface area contributed by atoms with Gasteiger partial charge in [-0.2, -0.15) is 0 Å². The highest BCUT2D eigenvalue weighted by molar-refractivity contribution is 5.29. The molecule has 2 rings (SSSR count). The van der Waals surface area contributed by atoms with Gasteiger partial charge in [0.25, 0.3) is 0 Å². The molecule has 1 heterocycles. The number of furan rings is 1. The molecule has 0 aliphatic heterocycles. The Morgan fingerprint density at radius 1 is 1.16 bits per heavy atom. The second-order valence-corrected chi connectivity index (χ2v) is 4.46. The zero-order valence-electron chi connectivity index (χ0n) is 11.6. The molecule has 0 aliphatic carbocycles. The Morgan fingerprint density at radius 2 is 1.95 bits per heavy atom. The van der Waals surface area contributed by atoms with Crippen LogP contribution in [0.5, 0.6) is 5.75 Å². The third-order valence-corrected chi connectivity index (χ3v) is 3.10. The number of ether oxygens (including phenoxy) is 1. The lowest BCUT2D eigenvalue weighted by molar-refractivity contribution is 0.270. The summed E-state index contributed by atoms with van der Waals surface area (Å²) >= 11 is 0.